The molecule has 0 radical (unpaired) electrons. The minimum atomic E-state index is 0.684. The highest BCUT2D eigenvalue weighted by Gasteiger charge is 1.97. The lowest BCUT2D eigenvalue weighted by molar-refractivity contribution is 0.107. The molecular formula is C20H26O. The Morgan fingerprint density at radius 3 is 1.24 bits per heavy atom. The summed E-state index contributed by atoms with van der Waals surface area (Å²) in [6, 6.07) is 17.5. The van der Waals surface area contributed by atoms with Gasteiger partial charge in [-0.1, -0.05) is 75.2 Å². The van der Waals surface area contributed by atoms with Crippen molar-refractivity contribution in [2.75, 3.05) is 0 Å². The van der Waals surface area contributed by atoms with Crippen LogP contribution < -0.4 is 0 Å². The van der Waals surface area contributed by atoms with Crippen molar-refractivity contribution >= 4 is 0 Å². The zero-order valence-electron chi connectivity index (χ0n) is 13.3. The van der Waals surface area contributed by atoms with Crippen LogP contribution in [-0.2, 0) is 30.8 Å². The molecule has 0 saturated carbocycles. The maximum absolute atomic E-state index is 5.81. The molecule has 0 bridgehead atoms. The first-order valence-corrected chi connectivity index (χ1v) is 8.05. The van der Waals surface area contributed by atoms with E-state index in [0.29, 0.717) is 13.2 Å². The van der Waals surface area contributed by atoms with Crippen molar-refractivity contribution in [3.05, 3.63) is 70.8 Å². The second kappa shape index (κ2) is 8.63. The number of rotatable bonds is 8. The zero-order valence-corrected chi connectivity index (χ0v) is 13.3. The van der Waals surface area contributed by atoms with E-state index in [2.05, 4.69) is 62.4 Å². The molecule has 0 fully saturated rings. The summed E-state index contributed by atoms with van der Waals surface area (Å²) in [5.41, 5.74) is 5.32. The summed E-state index contributed by atoms with van der Waals surface area (Å²) in [7, 11) is 0. The third-order valence-electron chi connectivity index (χ3n) is 3.66. The molecule has 1 nitrogen and oxygen atoms in total. The minimum absolute atomic E-state index is 0.684. The molecule has 0 spiro atoms. The lowest BCUT2D eigenvalue weighted by atomic mass is 10.1. The fourth-order valence-corrected chi connectivity index (χ4v) is 2.47. The molecule has 1 heteroatoms. The summed E-state index contributed by atoms with van der Waals surface area (Å²) in [6.07, 6.45) is 4.71. The van der Waals surface area contributed by atoms with E-state index >= 15 is 0 Å². The molecule has 21 heavy (non-hydrogen) atoms. The van der Waals surface area contributed by atoms with E-state index in [-0.39, 0.29) is 0 Å². The van der Waals surface area contributed by atoms with Gasteiger partial charge in [0.25, 0.3) is 0 Å². The van der Waals surface area contributed by atoms with Gasteiger partial charge in [0.1, 0.15) is 0 Å². The lowest BCUT2D eigenvalue weighted by Gasteiger charge is -2.07. The molecule has 112 valence electrons. The predicted molar refractivity (Wildman–Crippen MR) is 89.4 cm³/mol. The van der Waals surface area contributed by atoms with E-state index in [9.17, 15) is 0 Å². The van der Waals surface area contributed by atoms with Crippen LogP contribution in [0.2, 0.25) is 0 Å². The van der Waals surface area contributed by atoms with Gasteiger partial charge in [-0.05, 0) is 35.1 Å². The fourth-order valence-electron chi connectivity index (χ4n) is 2.47. The van der Waals surface area contributed by atoms with Crippen molar-refractivity contribution < 1.29 is 4.74 Å². The smallest absolute Gasteiger partial charge is 0.0721 e. The molecule has 0 aliphatic carbocycles. The van der Waals surface area contributed by atoms with Crippen molar-refractivity contribution in [2.45, 2.75) is 52.7 Å². The minimum Gasteiger partial charge on any atom is -0.372 e. The highest BCUT2D eigenvalue weighted by atomic mass is 16.5. The summed E-state index contributed by atoms with van der Waals surface area (Å²) >= 11 is 0. The first-order chi connectivity index (χ1) is 10.3. The topological polar surface area (TPSA) is 9.23 Å². The third-order valence-corrected chi connectivity index (χ3v) is 3.66. The lowest BCUT2D eigenvalue weighted by Crippen LogP contribution is -1.95. The molecule has 0 aliphatic heterocycles. The number of aryl methyl sites for hydroxylation is 2. The van der Waals surface area contributed by atoms with Gasteiger partial charge in [0, 0.05) is 0 Å². The van der Waals surface area contributed by atoms with Gasteiger partial charge in [-0.3, -0.25) is 0 Å². The largest absolute Gasteiger partial charge is 0.372 e. The van der Waals surface area contributed by atoms with Crippen molar-refractivity contribution in [3.8, 4) is 0 Å². The average molecular weight is 282 g/mol. The second-order valence-electron chi connectivity index (χ2n) is 5.63. The van der Waals surface area contributed by atoms with Crippen molar-refractivity contribution in [1.29, 1.82) is 0 Å². The van der Waals surface area contributed by atoms with Crippen LogP contribution in [0.4, 0.5) is 0 Å². The fraction of sp³-hybridized carbons (Fsp3) is 0.400. The third kappa shape index (κ3) is 5.35. The Morgan fingerprint density at radius 2 is 0.905 bits per heavy atom. The van der Waals surface area contributed by atoms with Crippen molar-refractivity contribution in [3.63, 3.8) is 0 Å². The zero-order chi connectivity index (χ0) is 14.9. The number of benzene rings is 2. The molecule has 0 unspecified atom stereocenters. The molecule has 0 aliphatic rings. The molecule has 2 rings (SSSR count). The summed E-state index contributed by atoms with van der Waals surface area (Å²) in [4.78, 5) is 0. The molecule has 2 aromatic rings. The van der Waals surface area contributed by atoms with Crippen molar-refractivity contribution in [1.82, 2.24) is 0 Å². The molecule has 2 aromatic carbocycles. The molecular weight excluding hydrogens is 256 g/mol. The van der Waals surface area contributed by atoms with E-state index in [1.54, 1.807) is 0 Å². The van der Waals surface area contributed by atoms with E-state index in [0.717, 1.165) is 12.8 Å². The van der Waals surface area contributed by atoms with Gasteiger partial charge in [-0.15, -0.1) is 0 Å². The van der Waals surface area contributed by atoms with Gasteiger partial charge < -0.3 is 4.74 Å². The molecule has 0 N–H and O–H groups in total. The highest BCUT2D eigenvalue weighted by Crippen LogP contribution is 2.11. The van der Waals surface area contributed by atoms with Gasteiger partial charge in [-0.2, -0.15) is 0 Å². The van der Waals surface area contributed by atoms with Gasteiger partial charge in [0.15, 0.2) is 0 Å². The van der Waals surface area contributed by atoms with Crippen LogP contribution in [0.5, 0.6) is 0 Å². The second-order valence-corrected chi connectivity index (χ2v) is 5.63. The maximum Gasteiger partial charge on any atom is 0.0721 e. The average Bonchev–Trinajstić information content (AvgIpc) is 2.51. The molecule has 0 aromatic heterocycles. The monoisotopic (exact) mass is 282 g/mol. The van der Waals surface area contributed by atoms with E-state index in [1.807, 2.05) is 0 Å². The number of ether oxygens (including phenoxy) is 1. The summed E-state index contributed by atoms with van der Waals surface area (Å²) in [6.45, 7) is 5.79. The normalized spacial score (nSPS) is 10.8. The van der Waals surface area contributed by atoms with Crippen LogP contribution in [0.1, 0.15) is 48.9 Å². The SMILES string of the molecule is CCCc1ccc(COCc2ccc(CCC)cc2)cc1. The Kier molecular flexibility index (Phi) is 6.49. The van der Waals surface area contributed by atoms with E-state index in [4.69, 9.17) is 4.74 Å². The van der Waals surface area contributed by atoms with Crippen LogP contribution in [0.25, 0.3) is 0 Å². The number of hydrogen-bond donors (Lipinski definition) is 0. The Labute approximate surface area is 129 Å². The Morgan fingerprint density at radius 1 is 0.571 bits per heavy atom. The number of hydrogen-bond acceptors (Lipinski definition) is 1. The Balaban J connectivity index is 1.78. The van der Waals surface area contributed by atoms with Gasteiger partial charge in [-0.25, -0.2) is 0 Å². The standard InChI is InChI=1S/C20H26O/c1-3-5-17-7-11-19(12-8-17)15-21-16-20-13-9-18(6-4-2)10-14-20/h7-14H,3-6,15-16H2,1-2H3. The predicted octanol–water partition coefficient (Wildman–Crippen LogP) is 5.31. The Hall–Kier alpha value is -1.60. The molecule has 0 amide bonds. The quantitative estimate of drug-likeness (QED) is 0.637. The Bertz CT molecular complexity index is 461. The first-order valence-electron chi connectivity index (χ1n) is 8.05. The summed E-state index contributed by atoms with van der Waals surface area (Å²) < 4.78 is 5.81. The van der Waals surface area contributed by atoms with E-state index in [1.165, 1.54) is 35.1 Å². The van der Waals surface area contributed by atoms with Gasteiger partial charge in [0.05, 0.1) is 13.2 Å². The molecule has 0 heterocycles. The van der Waals surface area contributed by atoms with Crippen molar-refractivity contribution in [2.24, 2.45) is 0 Å². The van der Waals surface area contributed by atoms with Crippen LogP contribution in [0.15, 0.2) is 48.5 Å². The van der Waals surface area contributed by atoms with Crippen LogP contribution in [0, 0.1) is 0 Å². The van der Waals surface area contributed by atoms with Crippen LogP contribution in [-0.4, -0.2) is 0 Å². The van der Waals surface area contributed by atoms with Gasteiger partial charge >= 0.3 is 0 Å². The molecule has 0 atom stereocenters. The first kappa shape index (κ1) is 15.8. The van der Waals surface area contributed by atoms with E-state index < -0.39 is 0 Å². The van der Waals surface area contributed by atoms with Crippen LogP contribution >= 0.6 is 0 Å². The molecule has 0 saturated heterocycles. The highest BCUT2D eigenvalue weighted by molar-refractivity contribution is 5.23. The maximum atomic E-state index is 5.81. The summed E-state index contributed by atoms with van der Waals surface area (Å²) in [5, 5.41) is 0. The summed E-state index contributed by atoms with van der Waals surface area (Å²) in [5.74, 6) is 0. The van der Waals surface area contributed by atoms with Gasteiger partial charge in [0.2, 0.25) is 0 Å². The van der Waals surface area contributed by atoms with Crippen LogP contribution in [0.3, 0.4) is 0 Å².